The second kappa shape index (κ2) is 3.98. The summed E-state index contributed by atoms with van der Waals surface area (Å²) in [6, 6.07) is 1.98. The number of rotatable bonds is 2. The molecule has 2 nitrogen and oxygen atoms in total. The average molecular weight is 246 g/mol. The third-order valence-corrected chi connectivity index (χ3v) is 4.12. The van der Waals surface area contributed by atoms with Crippen LogP contribution in [0.5, 0.6) is 0 Å². The van der Waals surface area contributed by atoms with Gasteiger partial charge in [0.25, 0.3) is 0 Å². The van der Waals surface area contributed by atoms with Gasteiger partial charge in [0.2, 0.25) is 0 Å². The minimum atomic E-state index is -0.632. The second-order valence-electron chi connectivity index (χ2n) is 2.87. The van der Waals surface area contributed by atoms with Crippen molar-refractivity contribution in [1.29, 1.82) is 0 Å². The Bertz CT molecular complexity index is 437. The van der Waals surface area contributed by atoms with E-state index < -0.39 is 6.10 Å². The second-order valence-corrected chi connectivity index (χ2v) is 5.51. The lowest BCUT2D eigenvalue weighted by atomic mass is 10.2. The third kappa shape index (κ3) is 1.83. The van der Waals surface area contributed by atoms with Crippen LogP contribution in [-0.2, 0) is 0 Å². The maximum atomic E-state index is 9.97. The molecule has 0 bridgehead atoms. The average Bonchev–Trinajstić information content (AvgIpc) is 2.73. The predicted octanol–water partition coefficient (Wildman–Crippen LogP) is 3.25. The first-order valence-corrected chi connectivity index (χ1v) is 6.09. The van der Waals surface area contributed by atoms with Crippen molar-refractivity contribution in [3.63, 3.8) is 0 Å². The Kier molecular flexibility index (Phi) is 2.88. The van der Waals surface area contributed by atoms with Gasteiger partial charge in [-0.15, -0.1) is 22.7 Å². The summed E-state index contributed by atoms with van der Waals surface area (Å²) in [5.74, 6) is 0. The van der Waals surface area contributed by atoms with E-state index in [0.29, 0.717) is 9.34 Å². The van der Waals surface area contributed by atoms with Gasteiger partial charge in [-0.1, -0.05) is 11.6 Å². The third-order valence-electron chi connectivity index (χ3n) is 1.88. The van der Waals surface area contributed by atoms with Crippen LogP contribution in [-0.4, -0.2) is 10.1 Å². The molecule has 2 aromatic heterocycles. The quantitative estimate of drug-likeness (QED) is 0.881. The molecule has 0 fully saturated rings. The van der Waals surface area contributed by atoms with E-state index in [1.807, 2.05) is 18.4 Å². The highest BCUT2D eigenvalue weighted by atomic mass is 35.5. The Morgan fingerprint density at radius 1 is 1.57 bits per heavy atom. The van der Waals surface area contributed by atoms with E-state index in [4.69, 9.17) is 11.6 Å². The van der Waals surface area contributed by atoms with Gasteiger partial charge in [0.15, 0.2) is 0 Å². The number of halogens is 1. The van der Waals surface area contributed by atoms with Gasteiger partial charge in [-0.05, 0) is 23.9 Å². The van der Waals surface area contributed by atoms with Gasteiger partial charge in [-0.25, -0.2) is 4.98 Å². The van der Waals surface area contributed by atoms with Crippen LogP contribution < -0.4 is 0 Å². The normalized spacial score (nSPS) is 13.1. The van der Waals surface area contributed by atoms with E-state index >= 15 is 0 Å². The maximum Gasteiger partial charge on any atom is 0.140 e. The summed E-state index contributed by atoms with van der Waals surface area (Å²) < 4.78 is 0.605. The number of hydrogen-bond acceptors (Lipinski definition) is 4. The zero-order chi connectivity index (χ0) is 10.1. The molecule has 1 N–H and O–H groups in total. The Balaban J connectivity index is 2.33. The van der Waals surface area contributed by atoms with Gasteiger partial charge >= 0.3 is 0 Å². The largest absolute Gasteiger partial charge is 0.380 e. The summed E-state index contributed by atoms with van der Waals surface area (Å²) in [6.07, 6.45) is 0.931. The van der Waals surface area contributed by atoms with Crippen LogP contribution in [0.15, 0.2) is 17.6 Å². The highest BCUT2D eigenvalue weighted by Gasteiger charge is 2.17. The van der Waals surface area contributed by atoms with E-state index in [2.05, 4.69) is 4.98 Å². The highest BCUT2D eigenvalue weighted by Crippen LogP contribution is 2.32. The first kappa shape index (κ1) is 10.1. The van der Waals surface area contributed by atoms with Crippen LogP contribution in [0, 0.1) is 6.92 Å². The molecule has 0 aliphatic heterocycles. The first-order chi connectivity index (χ1) is 6.68. The number of aliphatic hydroxyl groups is 1. The Morgan fingerprint density at radius 2 is 2.36 bits per heavy atom. The smallest absolute Gasteiger partial charge is 0.140 e. The minimum Gasteiger partial charge on any atom is -0.380 e. The van der Waals surface area contributed by atoms with Crippen LogP contribution >= 0.6 is 34.3 Å². The van der Waals surface area contributed by atoms with Crippen molar-refractivity contribution >= 4 is 34.3 Å². The van der Waals surface area contributed by atoms with Crippen LogP contribution in [0.3, 0.4) is 0 Å². The number of thiazole rings is 1. The monoisotopic (exact) mass is 245 g/mol. The van der Waals surface area contributed by atoms with Crippen molar-refractivity contribution in [2.24, 2.45) is 0 Å². The molecule has 14 heavy (non-hydrogen) atoms. The first-order valence-electron chi connectivity index (χ1n) is 4.02. The molecule has 2 heterocycles. The molecule has 0 radical (unpaired) electrons. The zero-order valence-electron chi connectivity index (χ0n) is 7.40. The van der Waals surface area contributed by atoms with E-state index in [1.165, 1.54) is 22.7 Å². The number of aromatic nitrogens is 1. The maximum absolute atomic E-state index is 9.97. The minimum absolute atomic E-state index is 0.605. The Morgan fingerprint density at radius 3 is 2.86 bits per heavy atom. The molecule has 2 rings (SSSR count). The van der Waals surface area contributed by atoms with Gasteiger partial charge in [-0.2, -0.15) is 0 Å². The number of thiophene rings is 1. The van der Waals surface area contributed by atoms with Crippen molar-refractivity contribution in [2.75, 3.05) is 0 Å². The number of hydrogen-bond donors (Lipinski definition) is 1. The lowest BCUT2D eigenvalue weighted by Gasteiger charge is -2.05. The van der Waals surface area contributed by atoms with Crippen molar-refractivity contribution in [1.82, 2.24) is 4.98 Å². The molecule has 0 aliphatic rings. The fourth-order valence-corrected chi connectivity index (χ4v) is 3.08. The van der Waals surface area contributed by atoms with Crippen LogP contribution in [0.25, 0.3) is 0 Å². The molecule has 0 aliphatic carbocycles. The standard InChI is InChI=1S/C9H8ClNOS2/c1-5-2-3-13-8(5)7(12)9-11-4-6(10)14-9/h2-4,7,12H,1H3. The Hall–Kier alpha value is -0.420. The summed E-state index contributed by atoms with van der Waals surface area (Å²) in [5, 5.41) is 12.6. The number of aryl methyl sites for hydroxylation is 1. The van der Waals surface area contributed by atoms with Gasteiger partial charge in [-0.3, -0.25) is 0 Å². The fraction of sp³-hybridized carbons (Fsp3) is 0.222. The SMILES string of the molecule is Cc1ccsc1C(O)c1ncc(Cl)s1. The summed E-state index contributed by atoms with van der Waals surface area (Å²) >= 11 is 8.60. The van der Waals surface area contributed by atoms with E-state index in [-0.39, 0.29) is 0 Å². The number of aliphatic hydroxyl groups excluding tert-OH is 1. The summed E-state index contributed by atoms with van der Waals surface area (Å²) in [6.45, 7) is 1.98. The van der Waals surface area contributed by atoms with Gasteiger partial charge in [0.05, 0.1) is 6.20 Å². The molecule has 2 aromatic rings. The molecule has 5 heteroatoms. The van der Waals surface area contributed by atoms with Crippen molar-refractivity contribution in [3.8, 4) is 0 Å². The highest BCUT2D eigenvalue weighted by molar-refractivity contribution is 7.16. The topological polar surface area (TPSA) is 33.1 Å². The fourth-order valence-electron chi connectivity index (χ4n) is 1.17. The Labute approximate surface area is 94.8 Å². The van der Waals surface area contributed by atoms with Crippen LogP contribution in [0.2, 0.25) is 4.34 Å². The molecule has 0 aromatic carbocycles. The molecule has 0 spiro atoms. The lowest BCUT2D eigenvalue weighted by Crippen LogP contribution is -1.97. The van der Waals surface area contributed by atoms with Gasteiger partial charge < -0.3 is 5.11 Å². The van der Waals surface area contributed by atoms with Crippen molar-refractivity contribution in [2.45, 2.75) is 13.0 Å². The molecule has 74 valence electrons. The molecular weight excluding hydrogens is 238 g/mol. The van der Waals surface area contributed by atoms with Crippen LogP contribution in [0.4, 0.5) is 0 Å². The summed E-state index contributed by atoms with van der Waals surface area (Å²) in [7, 11) is 0. The lowest BCUT2D eigenvalue weighted by molar-refractivity contribution is 0.223. The predicted molar refractivity (Wildman–Crippen MR) is 60.2 cm³/mol. The molecule has 0 amide bonds. The van der Waals surface area contributed by atoms with Gasteiger partial charge in [0, 0.05) is 4.88 Å². The summed E-state index contributed by atoms with van der Waals surface area (Å²) in [4.78, 5) is 5.00. The summed E-state index contributed by atoms with van der Waals surface area (Å²) in [5.41, 5.74) is 1.09. The number of nitrogens with zero attached hydrogens (tertiary/aromatic N) is 1. The van der Waals surface area contributed by atoms with Crippen LogP contribution in [0.1, 0.15) is 21.6 Å². The molecule has 0 saturated carbocycles. The van der Waals surface area contributed by atoms with E-state index in [0.717, 1.165) is 10.4 Å². The molecule has 1 unspecified atom stereocenters. The van der Waals surface area contributed by atoms with Crippen molar-refractivity contribution in [3.05, 3.63) is 37.4 Å². The molecule has 0 saturated heterocycles. The van der Waals surface area contributed by atoms with Crippen molar-refractivity contribution < 1.29 is 5.11 Å². The molecular formula is C9H8ClNOS2. The molecule has 1 atom stereocenters. The zero-order valence-corrected chi connectivity index (χ0v) is 9.79. The van der Waals surface area contributed by atoms with E-state index in [1.54, 1.807) is 6.20 Å². The van der Waals surface area contributed by atoms with Gasteiger partial charge in [0.1, 0.15) is 15.4 Å². The van der Waals surface area contributed by atoms with E-state index in [9.17, 15) is 5.11 Å².